The molecule has 1 saturated carbocycles. The molecule has 5 rings (SSSR count). The highest BCUT2D eigenvalue weighted by Gasteiger charge is 2.43. The molecule has 10 heteroatoms. The molecular formula is C24H25N5O5. The van der Waals surface area contributed by atoms with E-state index in [1.807, 2.05) is 18.2 Å². The van der Waals surface area contributed by atoms with E-state index in [0.717, 1.165) is 29.5 Å². The molecular weight excluding hydrogens is 438 g/mol. The fraction of sp³-hybridized carbons (Fsp3) is 0.333. The van der Waals surface area contributed by atoms with Gasteiger partial charge in [0.1, 0.15) is 17.8 Å². The van der Waals surface area contributed by atoms with E-state index >= 15 is 0 Å². The van der Waals surface area contributed by atoms with Crippen LogP contribution in [-0.2, 0) is 21.5 Å². The summed E-state index contributed by atoms with van der Waals surface area (Å²) in [6.45, 7) is 3.46. The smallest absolute Gasteiger partial charge is 0.331 e. The molecule has 0 aliphatic heterocycles. The minimum atomic E-state index is -0.321. The van der Waals surface area contributed by atoms with Crippen LogP contribution in [0, 0.1) is 0 Å². The van der Waals surface area contributed by atoms with E-state index in [4.69, 9.17) is 18.7 Å². The third-order valence-corrected chi connectivity index (χ3v) is 5.82. The highest BCUT2D eigenvalue weighted by Crippen LogP contribution is 2.48. The number of anilines is 1. The minimum Gasteiger partial charge on any atom is -0.439 e. The van der Waals surface area contributed by atoms with Gasteiger partial charge >= 0.3 is 6.03 Å². The monoisotopic (exact) mass is 463 g/mol. The average Bonchev–Trinajstić information content (AvgIpc) is 3.22. The summed E-state index contributed by atoms with van der Waals surface area (Å²) in [4.78, 5) is 21.2. The van der Waals surface area contributed by atoms with Crippen molar-refractivity contribution in [3.8, 4) is 11.6 Å². The second-order valence-electron chi connectivity index (χ2n) is 8.47. The van der Waals surface area contributed by atoms with Gasteiger partial charge in [-0.25, -0.2) is 14.8 Å². The molecule has 1 fully saturated rings. The second kappa shape index (κ2) is 9.24. The van der Waals surface area contributed by atoms with Crippen LogP contribution >= 0.6 is 0 Å². The van der Waals surface area contributed by atoms with Crippen LogP contribution in [-0.4, -0.2) is 46.0 Å². The molecule has 0 radical (unpaired) electrons. The number of hydrogen-bond acceptors (Lipinski definition) is 8. The highest BCUT2D eigenvalue weighted by atomic mass is 16.5. The van der Waals surface area contributed by atoms with Crippen molar-refractivity contribution in [2.24, 2.45) is 0 Å². The van der Waals surface area contributed by atoms with Crippen LogP contribution in [0.2, 0.25) is 0 Å². The second-order valence-corrected chi connectivity index (χ2v) is 8.47. The Morgan fingerprint density at radius 2 is 2.06 bits per heavy atom. The lowest BCUT2D eigenvalue weighted by Gasteiger charge is -2.08. The zero-order valence-corrected chi connectivity index (χ0v) is 19.0. The number of ether oxygens (including phenoxy) is 3. The van der Waals surface area contributed by atoms with Crippen LogP contribution in [0.1, 0.15) is 31.2 Å². The van der Waals surface area contributed by atoms with Crippen molar-refractivity contribution in [2.45, 2.75) is 31.8 Å². The van der Waals surface area contributed by atoms with E-state index in [9.17, 15) is 4.79 Å². The molecule has 10 nitrogen and oxygen atoms in total. The molecule has 3 heterocycles. The van der Waals surface area contributed by atoms with Gasteiger partial charge in [-0.1, -0.05) is 12.1 Å². The molecule has 1 N–H and O–H groups in total. The molecule has 1 aromatic carbocycles. The van der Waals surface area contributed by atoms with Crippen molar-refractivity contribution in [1.29, 1.82) is 0 Å². The quantitative estimate of drug-likeness (QED) is 0.361. The Bertz CT molecular complexity index is 1310. The molecule has 176 valence electrons. The molecule has 3 aromatic heterocycles. The van der Waals surface area contributed by atoms with Crippen molar-refractivity contribution in [3.05, 3.63) is 60.4 Å². The number of benzene rings is 1. The lowest BCUT2D eigenvalue weighted by atomic mass is 10.1. The fourth-order valence-corrected chi connectivity index (χ4v) is 3.53. The maximum absolute atomic E-state index is 12.8. The topological polar surface area (TPSA) is 114 Å². The summed E-state index contributed by atoms with van der Waals surface area (Å²) in [5.41, 5.74) is 1.49. The number of methoxy groups -OCH3 is 1. The summed E-state index contributed by atoms with van der Waals surface area (Å²) in [5.74, 6) is 2.20. The predicted molar refractivity (Wildman–Crippen MR) is 123 cm³/mol. The van der Waals surface area contributed by atoms with Gasteiger partial charge in [-0.15, -0.1) is 0 Å². The maximum atomic E-state index is 12.8. The van der Waals surface area contributed by atoms with E-state index in [-0.39, 0.29) is 11.4 Å². The Hall–Kier alpha value is -3.76. The first kappa shape index (κ1) is 22.1. The molecule has 0 bridgehead atoms. The van der Waals surface area contributed by atoms with Gasteiger partial charge in [0.05, 0.1) is 31.0 Å². The predicted octanol–water partition coefficient (Wildman–Crippen LogP) is 4.51. The molecule has 0 saturated heterocycles. The van der Waals surface area contributed by atoms with Gasteiger partial charge in [-0.2, -0.15) is 0 Å². The Kier molecular flexibility index (Phi) is 5.99. The van der Waals surface area contributed by atoms with E-state index < -0.39 is 0 Å². The van der Waals surface area contributed by atoms with Crippen LogP contribution in [0.25, 0.3) is 10.9 Å². The summed E-state index contributed by atoms with van der Waals surface area (Å²) in [7, 11) is 1.62. The van der Waals surface area contributed by atoms with Crippen molar-refractivity contribution in [2.75, 3.05) is 25.6 Å². The molecule has 0 atom stereocenters. The number of aromatic nitrogens is 4. The van der Waals surface area contributed by atoms with E-state index in [0.29, 0.717) is 43.0 Å². The SMILES string of the molecule is COCCOCc1cc(Oc2ccc3c(ccn3C(=O)Nc3cc(C4(C)CC4)on3)c2)ncn1. The van der Waals surface area contributed by atoms with Gasteiger partial charge in [0.2, 0.25) is 5.88 Å². The molecule has 1 aliphatic carbocycles. The number of nitrogens with one attached hydrogen (secondary N) is 1. The average molecular weight is 463 g/mol. The van der Waals surface area contributed by atoms with Gasteiger partial charge in [0.25, 0.3) is 0 Å². The molecule has 1 aliphatic rings. The Morgan fingerprint density at radius 3 is 2.88 bits per heavy atom. The number of fused-ring (bicyclic) bond motifs is 1. The van der Waals surface area contributed by atoms with Crippen molar-refractivity contribution in [3.63, 3.8) is 0 Å². The summed E-state index contributed by atoms with van der Waals surface area (Å²) in [5, 5.41) is 7.62. The standard InChI is InChI=1S/C24H25N5O5/c1-24(6-7-24)20-13-21(28-34-20)27-23(30)29-8-5-16-11-18(3-4-19(16)29)33-22-12-17(25-15-26-22)14-32-10-9-31-2/h3-5,8,11-13,15H,6-7,9-10,14H2,1-2H3,(H,27,28,30). The number of rotatable bonds is 9. The lowest BCUT2D eigenvalue weighted by molar-refractivity contribution is 0.0601. The zero-order valence-electron chi connectivity index (χ0n) is 19.0. The molecule has 4 aromatic rings. The van der Waals surface area contributed by atoms with Crippen LogP contribution < -0.4 is 10.1 Å². The molecule has 1 amide bonds. The van der Waals surface area contributed by atoms with Crippen molar-refractivity contribution < 1.29 is 23.5 Å². The maximum Gasteiger partial charge on any atom is 0.331 e. The van der Waals surface area contributed by atoms with Gasteiger partial charge in [0.15, 0.2) is 5.82 Å². The van der Waals surface area contributed by atoms with Gasteiger partial charge < -0.3 is 18.7 Å². The number of carbonyl (C=O) groups excluding carboxylic acids is 1. The third kappa shape index (κ3) is 4.78. The fourth-order valence-electron chi connectivity index (χ4n) is 3.53. The first-order valence-corrected chi connectivity index (χ1v) is 11.0. The normalized spacial score (nSPS) is 14.3. The molecule has 0 unspecified atom stereocenters. The van der Waals surface area contributed by atoms with Gasteiger partial charge in [-0.3, -0.25) is 9.88 Å². The Balaban J connectivity index is 1.25. The third-order valence-electron chi connectivity index (χ3n) is 5.82. The van der Waals surface area contributed by atoms with Crippen molar-refractivity contribution in [1.82, 2.24) is 19.7 Å². The van der Waals surface area contributed by atoms with E-state index in [1.165, 1.54) is 10.9 Å². The summed E-state index contributed by atoms with van der Waals surface area (Å²) in [6, 6.07) is 10.5. The first-order valence-electron chi connectivity index (χ1n) is 11.0. The van der Waals surface area contributed by atoms with Crippen LogP contribution in [0.4, 0.5) is 10.6 Å². The largest absolute Gasteiger partial charge is 0.439 e. The first-order chi connectivity index (χ1) is 16.5. The molecule has 34 heavy (non-hydrogen) atoms. The highest BCUT2D eigenvalue weighted by molar-refractivity contribution is 5.98. The number of carbonyl (C=O) groups is 1. The number of nitrogens with zero attached hydrogens (tertiary/aromatic N) is 4. The van der Waals surface area contributed by atoms with Gasteiger partial charge in [-0.05, 0) is 37.1 Å². The van der Waals surface area contributed by atoms with E-state index in [1.54, 1.807) is 31.5 Å². The number of amides is 1. The summed E-state index contributed by atoms with van der Waals surface area (Å²) in [6.07, 6.45) is 5.27. The Labute approximate surface area is 195 Å². The molecule has 0 spiro atoms. The Morgan fingerprint density at radius 1 is 1.18 bits per heavy atom. The summed E-state index contributed by atoms with van der Waals surface area (Å²) < 4.78 is 23.3. The zero-order chi connectivity index (χ0) is 23.5. The lowest BCUT2D eigenvalue weighted by Crippen LogP contribution is -2.18. The van der Waals surface area contributed by atoms with Crippen LogP contribution in [0.15, 0.2) is 53.4 Å². The van der Waals surface area contributed by atoms with Gasteiger partial charge in [0, 0.05) is 36.2 Å². The summed E-state index contributed by atoms with van der Waals surface area (Å²) >= 11 is 0. The van der Waals surface area contributed by atoms with Crippen LogP contribution in [0.5, 0.6) is 11.6 Å². The van der Waals surface area contributed by atoms with Crippen LogP contribution in [0.3, 0.4) is 0 Å². The van der Waals surface area contributed by atoms with Crippen molar-refractivity contribution >= 4 is 22.8 Å². The van der Waals surface area contributed by atoms with E-state index in [2.05, 4.69) is 27.4 Å². The minimum absolute atomic E-state index is 0.0496. The number of hydrogen-bond donors (Lipinski definition) is 1.